The number of fused-ring (bicyclic) bond motifs is 1. The van der Waals surface area contributed by atoms with Gasteiger partial charge in [-0.05, 0) is 24.1 Å². The number of anilines is 1. The quantitative estimate of drug-likeness (QED) is 0.650. The Kier molecular flexibility index (Phi) is 4.38. The number of ether oxygens (including phenoxy) is 1. The Morgan fingerprint density at radius 1 is 1.56 bits per heavy atom. The fourth-order valence-corrected chi connectivity index (χ4v) is 1.64. The van der Waals surface area contributed by atoms with Crippen molar-refractivity contribution in [3.05, 3.63) is 42.0 Å². The standard InChI is InChI=1S/C12H13NO2.ClH/c1-2-7-15-12(14)10-4-3-9-5-6-13-11(9)8-10;/h2-4,8,13H,1,5-7H2;1H. The highest BCUT2D eigenvalue weighted by atomic mass is 35.5. The van der Waals surface area contributed by atoms with Gasteiger partial charge < -0.3 is 10.1 Å². The molecule has 1 N–H and O–H groups in total. The highest BCUT2D eigenvalue weighted by Gasteiger charge is 2.13. The molecular weight excluding hydrogens is 226 g/mol. The number of hydrogen-bond donors (Lipinski definition) is 1. The van der Waals surface area contributed by atoms with Crippen molar-refractivity contribution >= 4 is 24.1 Å². The third-order valence-corrected chi connectivity index (χ3v) is 2.39. The number of benzene rings is 1. The average Bonchev–Trinajstić information content (AvgIpc) is 2.72. The molecule has 0 aliphatic carbocycles. The van der Waals surface area contributed by atoms with Crippen LogP contribution in [0.3, 0.4) is 0 Å². The Bertz CT molecular complexity index is 404. The van der Waals surface area contributed by atoms with Crippen molar-refractivity contribution in [2.45, 2.75) is 6.42 Å². The summed E-state index contributed by atoms with van der Waals surface area (Å²) in [5.41, 5.74) is 2.89. The van der Waals surface area contributed by atoms with Crippen molar-refractivity contribution in [1.82, 2.24) is 0 Å². The molecular formula is C12H14ClNO2. The third kappa shape index (κ3) is 2.55. The van der Waals surface area contributed by atoms with E-state index >= 15 is 0 Å². The van der Waals surface area contributed by atoms with Crippen LogP contribution < -0.4 is 5.32 Å². The third-order valence-electron chi connectivity index (χ3n) is 2.39. The van der Waals surface area contributed by atoms with Crippen molar-refractivity contribution in [3.8, 4) is 0 Å². The first-order valence-electron chi connectivity index (χ1n) is 4.96. The van der Waals surface area contributed by atoms with Crippen molar-refractivity contribution in [2.24, 2.45) is 0 Å². The Hall–Kier alpha value is -1.48. The largest absolute Gasteiger partial charge is 0.458 e. The van der Waals surface area contributed by atoms with Crippen molar-refractivity contribution in [3.63, 3.8) is 0 Å². The molecule has 0 fully saturated rings. The predicted molar refractivity (Wildman–Crippen MR) is 66.4 cm³/mol. The summed E-state index contributed by atoms with van der Waals surface area (Å²) in [4.78, 5) is 11.5. The zero-order chi connectivity index (χ0) is 10.7. The smallest absolute Gasteiger partial charge is 0.338 e. The lowest BCUT2D eigenvalue weighted by atomic mass is 10.1. The van der Waals surface area contributed by atoms with E-state index in [1.807, 2.05) is 12.1 Å². The minimum atomic E-state index is -0.300. The van der Waals surface area contributed by atoms with Gasteiger partial charge >= 0.3 is 5.97 Å². The summed E-state index contributed by atoms with van der Waals surface area (Å²) in [7, 11) is 0. The number of carbonyl (C=O) groups excluding carboxylic acids is 1. The van der Waals surface area contributed by atoms with Gasteiger partial charge in [-0.3, -0.25) is 0 Å². The van der Waals surface area contributed by atoms with Crippen LogP contribution in [0.1, 0.15) is 15.9 Å². The lowest BCUT2D eigenvalue weighted by Gasteiger charge is -2.04. The van der Waals surface area contributed by atoms with Crippen molar-refractivity contribution in [1.29, 1.82) is 0 Å². The molecule has 0 radical (unpaired) electrons. The summed E-state index contributed by atoms with van der Waals surface area (Å²) in [5, 5.41) is 3.22. The van der Waals surface area contributed by atoms with E-state index in [0.29, 0.717) is 5.56 Å². The predicted octanol–water partition coefficient (Wildman–Crippen LogP) is 2.42. The maximum absolute atomic E-state index is 11.5. The highest BCUT2D eigenvalue weighted by Crippen LogP contribution is 2.23. The van der Waals surface area contributed by atoms with Crippen LogP contribution in [-0.2, 0) is 11.2 Å². The van der Waals surface area contributed by atoms with E-state index in [1.54, 1.807) is 12.1 Å². The van der Waals surface area contributed by atoms with Crippen LogP contribution in [0, 0.1) is 0 Å². The molecule has 0 aromatic heterocycles. The zero-order valence-corrected chi connectivity index (χ0v) is 9.68. The average molecular weight is 240 g/mol. The number of esters is 1. The molecule has 16 heavy (non-hydrogen) atoms. The maximum atomic E-state index is 11.5. The second kappa shape index (κ2) is 5.56. The normalized spacial score (nSPS) is 12.0. The fourth-order valence-electron chi connectivity index (χ4n) is 1.64. The molecule has 1 aliphatic heterocycles. The van der Waals surface area contributed by atoms with Crippen LogP contribution in [0.15, 0.2) is 30.9 Å². The molecule has 0 amide bonds. The van der Waals surface area contributed by atoms with Gasteiger partial charge in [0, 0.05) is 12.2 Å². The van der Waals surface area contributed by atoms with Gasteiger partial charge in [0.2, 0.25) is 0 Å². The van der Waals surface area contributed by atoms with Gasteiger partial charge in [-0.1, -0.05) is 18.7 Å². The Morgan fingerprint density at radius 3 is 3.12 bits per heavy atom. The molecule has 0 atom stereocenters. The minimum absolute atomic E-state index is 0. The van der Waals surface area contributed by atoms with Gasteiger partial charge in [0.15, 0.2) is 0 Å². The molecule has 0 spiro atoms. The first kappa shape index (κ1) is 12.6. The van der Waals surface area contributed by atoms with Gasteiger partial charge in [0.05, 0.1) is 5.56 Å². The Morgan fingerprint density at radius 2 is 2.38 bits per heavy atom. The highest BCUT2D eigenvalue weighted by molar-refractivity contribution is 5.91. The summed E-state index contributed by atoms with van der Waals surface area (Å²) >= 11 is 0. The minimum Gasteiger partial charge on any atom is -0.458 e. The molecule has 0 saturated carbocycles. The second-order valence-electron chi connectivity index (χ2n) is 3.44. The summed E-state index contributed by atoms with van der Waals surface area (Å²) in [5.74, 6) is -0.300. The maximum Gasteiger partial charge on any atom is 0.338 e. The van der Waals surface area contributed by atoms with E-state index in [0.717, 1.165) is 18.7 Å². The van der Waals surface area contributed by atoms with Crippen LogP contribution in [0.4, 0.5) is 5.69 Å². The first-order valence-corrected chi connectivity index (χ1v) is 4.96. The van der Waals surface area contributed by atoms with Crippen LogP contribution in [-0.4, -0.2) is 19.1 Å². The fraction of sp³-hybridized carbons (Fsp3) is 0.250. The summed E-state index contributed by atoms with van der Waals surface area (Å²) in [6, 6.07) is 5.62. The van der Waals surface area contributed by atoms with E-state index < -0.39 is 0 Å². The van der Waals surface area contributed by atoms with E-state index in [9.17, 15) is 4.79 Å². The number of halogens is 1. The van der Waals surface area contributed by atoms with Crippen molar-refractivity contribution < 1.29 is 9.53 Å². The molecule has 1 heterocycles. The monoisotopic (exact) mass is 239 g/mol. The summed E-state index contributed by atoms with van der Waals surface area (Å²) in [6.45, 7) is 4.69. The second-order valence-corrected chi connectivity index (χ2v) is 3.44. The van der Waals surface area contributed by atoms with Gasteiger partial charge in [-0.25, -0.2) is 4.79 Å². The van der Waals surface area contributed by atoms with E-state index in [2.05, 4.69) is 11.9 Å². The molecule has 1 aromatic rings. The molecule has 3 nitrogen and oxygen atoms in total. The van der Waals surface area contributed by atoms with Gasteiger partial charge in [0.25, 0.3) is 0 Å². The van der Waals surface area contributed by atoms with Gasteiger partial charge in [-0.2, -0.15) is 0 Å². The lowest BCUT2D eigenvalue weighted by Crippen LogP contribution is -2.05. The number of hydrogen-bond acceptors (Lipinski definition) is 3. The topological polar surface area (TPSA) is 38.3 Å². The Labute approximate surface area is 101 Å². The van der Waals surface area contributed by atoms with Crippen molar-refractivity contribution in [2.75, 3.05) is 18.5 Å². The van der Waals surface area contributed by atoms with Gasteiger partial charge in [0.1, 0.15) is 6.61 Å². The Balaban J connectivity index is 0.00000128. The molecule has 0 bridgehead atoms. The van der Waals surface area contributed by atoms with E-state index in [1.165, 1.54) is 5.56 Å². The van der Waals surface area contributed by atoms with Crippen LogP contribution in [0.2, 0.25) is 0 Å². The summed E-state index contributed by atoms with van der Waals surface area (Å²) < 4.78 is 4.95. The zero-order valence-electron chi connectivity index (χ0n) is 8.86. The molecule has 86 valence electrons. The van der Waals surface area contributed by atoms with Crippen LogP contribution >= 0.6 is 12.4 Å². The summed E-state index contributed by atoms with van der Waals surface area (Å²) in [6.07, 6.45) is 2.58. The molecule has 1 aromatic carbocycles. The molecule has 2 rings (SSSR count). The molecule has 0 unspecified atom stereocenters. The van der Waals surface area contributed by atoms with Crippen LogP contribution in [0.5, 0.6) is 0 Å². The number of nitrogens with one attached hydrogen (secondary N) is 1. The number of rotatable bonds is 3. The van der Waals surface area contributed by atoms with Gasteiger partial charge in [-0.15, -0.1) is 12.4 Å². The molecule has 4 heteroatoms. The molecule has 1 aliphatic rings. The van der Waals surface area contributed by atoms with E-state index in [-0.39, 0.29) is 25.0 Å². The SMILES string of the molecule is C=CCOC(=O)c1ccc2c(c1)NCC2.Cl. The molecule has 0 saturated heterocycles. The first-order chi connectivity index (χ1) is 7.31. The number of carbonyl (C=O) groups is 1. The lowest BCUT2D eigenvalue weighted by molar-refractivity contribution is 0.0550. The van der Waals surface area contributed by atoms with Crippen LogP contribution in [0.25, 0.3) is 0 Å². The van der Waals surface area contributed by atoms with E-state index in [4.69, 9.17) is 4.74 Å².